The molecule has 1 heterocycles. The Morgan fingerprint density at radius 2 is 1.90 bits per heavy atom. The van der Waals surface area contributed by atoms with E-state index in [2.05, 4.69) is 15.1 Å². The number of nitrogens with zero attached hydrogens (tertiary/aromatic N) is 2. The molecule has 2 N–H and O–H groups in total. The second-order valence-corrected chi connectivity index (χ2v) is 8.77. The topological polar surface area (TPSA) is 93.1 Å². The normalized spacial score (nSPS) is 13.9. The summed E-state index contributed by atoms with van der Waals surface area (Å²) in [4.78, 5) is 12.5. The number of carbonyl (C=O) groups excluding carboxylic acids is 1. The van der Waals surface area contributed by atoms with Crippen molar-refractivity contribution in [1.82, 2.24) is 19.8 Å². The van der Waals surface area contributed by atoms with Gasteiger partial charge in [-0.25, -0.2) is 17.8 Å². The molecule has 4 rings (SSSR count). The number of nitrogens with one attached hydrogen (secondary N) is 2. The van der Waals surface area contributed by atoms with Gasteiger partial charge in [-0.3, -0.25) is 4.79 Å². The minimum atomic E-state index is -3.58. The first kappa shape index (κ1) is 19.4. The van der Waals surface area contributed by atoms with E-state index in [1.54, 1.807) is 23.0 Å². The molecule has 1 amide bonds. The highest BCUT2D eigenvalue weighted by atomic mass is 32.2. The third kappa shape index (κ3) is 4.90. The number of benzene rings is 2. The van der Waals surface area contributed by atoms with Crippen LogP contribution in [-0.2, 0) is 16.4 Å². The van der Waals surface area contributed by atoms with Gasteiger partial charge < -0.3 is 5.32 Å². The van der Waals surface area contributed by atoms with Gasteiger partial charge in [0, 0.05) is 24.3 Å². The molecule has 3 aromatic rings. The molecule has 8 heteroatoms. The van der Waals surface area contributed by atoms with Crippen LogP contribution < -0.4 is 10.0 Å². The van der Waals surface area contributed by atoms with Gasteiger partial charge in [-0.15, -0.1) is 0 Å². The fraction of sp³-hybridized carbons (Fsp3) is 0.238. The van der Waals surface area contributed by atoms with E-state index < -0.39 is 10.0 Å². The van der Waals surface area contributed by atoms with E-state index in [1.807, 2.05) is 36.5 Å². The maximum Gasteiger partial charge on any atom is 0.251 e. The molecular weight excluding hydrogens is 388 g/mol. The molecule has 0 unspecified atom stereocenters. The minimum Gasteiger partial charge on any atom is -0.352 e. The molecule has 1 saturated carbocycles. The van der Waals surface area contributed by atoms with Crippen LogP contribution in [0.1, 0.15) is 28.8 Å². The largest absolute Gasteiger partial charge is 0.352 e. The molecular formula is C21H22N4O3S. The van der Waals surface area contributed by atoms with E-state index in [4.69, 9.17) is 0 Å². The van der Waals surface area contributed by atoms with E-state index in [0.717, 1.165) is 24.1 Å². The van der Waals surface area contributed by atoms with Crippen LogP contribution >= 0.6 is 0 Å². The zero-order valence-electron chi connectivity index (χ0n) is 15.8. The first-order chi connectivity index (χ1) is 14.0. The molecule has 150 valence electrons. The Labute approximate surface area is 169 Å². The van der Waals surface area contributed by atoms with Crippen LogP contribution in [0, 0.1) is 0 Å². The van der Waals surface area contributed by atoms with Gasteiger partial charge in [-0.2, -0.15) is 5.10 Å². The minimum absolute atomic E-state index is 0.0225. The second kappa shape index (κ2) is 8.18. The summed E-state index contributed by atoms with van der Waals surface area (Å²) in [6, 6.07) is 15.9. The van der Waals surface area contributed by atoms with E-state index in [1.165, 1.54) is 12.1 Å². The quantitative estimate of drug-likeness (QED) is 0.596. The van der Waals surface area contributed by atoms with Gasteiger partial charge in [0.1, 0.15) is 0 Å². The zero-order chi connectivity index (χ0) is 20.3. The van der Waals surface area contributed by atoms with Crippen molar-refractivity contribution in [2.45, 2.75) is 30.2 Å². The Hall–Kier alpha value is -2.97. The molecule has 0 saturated heterocycles. The molecule has 1 fully saturated rings. The number of hydrogen-bond acceptors (Lipinski definition) is 4. The molecule has 2 aromatic carbocycles. The SMILES string of the molecule is O=C(NCCc1cnn(-c2ccccc2)c1)c1cccc(S(=O)(=O)NC2CC2)c1. The number of aromatic nitrogens is 2. The summed E-state index contributed by atoms with van der Waals surface area (Å²) in [6.45, 7) is 0.427. The molecule has 1 aliphatic carbocycles. The van der Waals surface area contributed by atoms with Crippen molar-refractivity contribution in [1.29, 1.82) is 0 Å². The third-order valence-corrected chi connectivity index (χ3v) is 6.18. The molecule has 0 atom stereocenters. The number of amides is 1. The van der Waals surface area contributed by atoms with Crippen molar-refractivity contribution in [3.8, 4) is 5.69 Å². The summed E-state index contributed by atoms with van der Waals surface area (Å²) in [5, 5.41) is 7.18. The third-order valence-electron chi connectivity index (χ3n) is 4.66. The maximum absolute atomic E-state index is 12.4. The maximum atomic E-state index is 12.4. The zero-order valence-corrected chi connectivity index (χ0v) is 16.6. The lowest BCUT2D eigenvalue weighted by atomic mass is 10.2. The Bertz CT molecular complexity index is 1110. The van der Waals surface area contributed by atoms with Gasteiger partial charge >= 0.3 is 0 Å². The van der Waals surface area contributed by atoms with Crippen LogP contribution in [0.2, 0.25) is 0 Å². The smallest absolute Gasteiger partial charge is 0.251 e. The molecule has 0 aliphatic heterocycles. The molecule has 1 aliphatic rings. The number of carbonyl (C=O) groups is 1. The van der Waals surface area contributed by atoms with Crippen LogP contribution in [-0.4, -0.2) is 36.7 Å². The van der Waals surface area contributed by atoms with Crippen LogP contribution in [0.5, 0.6) is 0 Å². The van der Waals surface area contributed by atoms with Crippen molar-refractivity contribution >= 4 is 15.9 Å². The van der Waals surface area contributed by atoms with Crippen LogP contribution in [0.15, 0.2) is 71.9 Å². The van der Waals surface area contributed by atoms with E-state index in [0.29, 0.717) is 18.5 Å². The number of hydrogen-bond donors (Lipinski definition) is 2. The van der Waals surface area contributed by atoms with Crippen molar-refractivity contribution in [3.05, 3.63) is 78.1 Å². The highest BCUT2D eigenvalue weighted by Crippen LogP contribution is 2.22. The molecule has 1 aromatic heterocycles. The molecule has 0 spiro atoms. The Morgan fingerprint density at radius 3 is 2.66 bits per heavy atom. The summed E-state index contributed by atoms with van der Waals surface area (Å²) in [7, 11) is -3.58. The summed E-state index contributed by atoms with van der Waals surface area (Å²) in [6.07, 6.45) is 6.05. The first-order valence-electron chi connectivity index (χ1n) is 9.51. The fourth-order valence-corrected chi connectivity index (χ4v) is 4.28. The van der Waals surface area contributed by atoms with Gasteiger partial charge in [0.25, 0.3) is 5.91 Å². The Kier molecular flexibility index (Phi) is 5.46. The summed E-state index contributed by atoms with van der Waals surface area (Å²) < 4.78 is 29.1. The van der Waals surface area contributed by atoms with Crippen LogP contribution in [0.25, 0.3) is 5.69 Å². The molecule has 0 bridgehead atoms. The Balaban J connectivity index is 1.34. The van der Waals surface area contributed by atoms with E-state index >= 15 is 0 Å². The fourth-order valence-electron chi connectivity index (χ4n) is 2.93. The monoisotopic (exact) mass is 410 g/mol. The molecule has 7 nitrogen and oxygen atoms in total. The predicted octanol–water partition coefficient (Wildman–Crippen LogP) is 2.29. The molecule has 0 radical (unpaired) electrons. The van der Waals surface area contributed by atoms with E-state index in [9.17, 15) is 13.2 Å². The molecule has 29 heavy (non-hydrogen) atoms. The van der Waals surface area contributed by atoms with Gasteiger partial charge in [0.05, 0.1) is 16.8 Å². The highest BCUT2D eigenvalue weighted by molar-refractivity contribution is 7.89. The summed E-state index contributed by atoms with van der Waals surface area (Å²) in [5.41, 5.74) is 2.29. The van der Waals surface area contributed by atoms with Crippen molar-refractivity contribution in [3.63, 3.8) is 0 Å². The van der Waals surface area contributed by atoms with Gasteiger partial charge in [-0.1, -0.05) is 24.3 Å². The summed E-state index contributed by atoms with van der Waals surface area (Å²) in [5.74, 6) is -0.302. The number of sulfonamides is 1. The van der Waals surface area contributed by atoms with Gasteiger partial charge in [0.2, 0.25) is 10.0 Å². The number of rotatable bonds is 8. The van der Waals surface area contributed by atoms with Crippen LogP contribution in [0.3, 0.4) is 0 Å². The predicted molar refractivity (Wildman–Crippen MR) is 109 cm³/mol. The van der Waals surface area contributed by atoms with Crippen molar-refractivity contribution in [2.24, 2.45) is 0 Å². The van der Waals surface area contributed by atoms with Gasteiger partial charge in [0.15, 0.2) is 0 Å². The standard InChI is InChI=1S/C21H22N4O3S/c26-21(17-5-4-8-20(13-17)29(27,28)24-18-9-10-18)22-12-11-16-14-23-25(15-16)19-6-2-1-3-7-19/h1-8,13-15,18,24H,9-12H2,(H,22,26). The lowest BCUT2D eigenvalue weighted by molar-refractivity contribution is 0.0954. The lowest BCUT2D eigenvalue weighted by Gasteiger charge is -2.08. The average Bonchev–Trinajstić information content (AvgIpc) is 3.41. The van der Waals surface area contributed by atoms with Crippen LogP contribution in [0.4, 0.5) is 0 Å². The first-order valence-corrected chi connectivity index (χ1v) is 11.0. The average molecular weight is 410 g/mol. The van der Waals surface area contributed by atoms with E-state index in [-0.39, 0.29) is 16.8 Å². The summed E-state index contributed by atoms with van der Waals surface area (Å²) >= 11 is 0. The highest BCUT2D eigenvalue weighted by Gasteiger charge is 2.28. The Morgan fingerprint density at radius 1 is 1.10 bits per heavy atom. The second-order valence-electron chi connectivity index (χ2n) is 7.06. The number of para-hydroxylation sites is 1. The van der Waals surface area contributed by atoms with Crippen molar-refractivity contribution in [2.75, 3.05) is 6.54 Å². The van der Waals surface area contributed by atoms with Crippen molar-refractivity contribution < 1.29 is 13.2 Å². The lowest BCUT2D eigenvalue weighted by Crippen LogP contribution is -2.27. The van der Waals surface area contributed by atoms with Gasteiger partial charge in [-0.05, 0) is 55.2 Å².